The van der Waals surface area contributed by atoms with E-state index in [0.717, 1.165) is 22.1 Å². The molecule has 3 N–H and O–H groups in total. The predicted octanol–water partition coefficient (Wildman–Crippen LogP) is 4.32. The van der Waals surface area contributed by atoms with E-state index in [4.69, 9.17) is 15.0 Å². The van der Waals surface area contributed by atoms with Crippen molar-refractivity contribution in [2.75, 3.05) is 7.11 Å². The standard InChI is InChI=1S/C20H24N4O2.HI/c1-20(2,3)23-19(21)22-12-14-11-16(24-26-14)18-15-8-6-5-7-13(15)9-10-17(18)25-4;/h5-11H,12H2,1-4H3,(H3,21,22,23);1H. The second kappa shape index (κ2) is 8.60. The smallest absolute Gasteiger partial charge is 0.189 e. The molecule has 6 nitrogen and oxygen atoms in total. The second-order valence-electron chi connectivity index (χ2n) is 7.12. The van der Waals surface area contributed by atoms with Crippen LogP contribution in [0.25, 0.3) is 22.0 Å². The lowest BCUT2D eigenvalue weighted by Crippen LogP contribution is -2.44. The van der Waals surface area contributed by atoms with Gasteiger partial charge < -0.3 is 20.3 Å². The molecule has 144 valence electrons. The van der Waals surface area contributed by atoms with Crippen molar-refractivity contribution in [2.45, 2.75) is 32.9 Å². The van der Waals surface area contributed by atoms with Crippen LogP contribution in [0, 0.1) is 0 Å². The number of nitrogens with one attached hydrogen (secondary N) is 1. The van der Waals surface area contributed by atoms with Gasteiger partial charge in [-0.1, -0.05) is 35.5 Å². The Bertz CT molecular complexity index is 945. The third kappa shape index (κ3) is 5.12. The Balaban J connectivity index is 0.00000261. The Hall–Kier alpha value is -2.29. The minimum absolute atomic E-state index is 0. The maximum absolute atomic E-state index is 5.90. The van der Waals surface area contributed by atoms with Crippen LogP contribution >= 0.6 is 24.0 Å². The number of hydrogen-bond acceptors (Lipinski definition) is 4. The highest BCUT2D eigenvalue weighted by molar-refractivity contribution is 14.0. The number of aromatic nitrogens is 1. The molecular weight excluding hydrogens is 455 g/mol. The minimum atomic E-state index is -0.142. The maximum atomic E-state index is 5.90. The zero-order valence-electron chi connectivity index (χ0n) is 15.9. The van der Waals surface area contributed by atoms with Gasteiger partial charge in [0.15, 0.2) is 11.7 Å². The number of fused-ring (bicyclic) bond motifs is 1. The van der Waals surface area contributed by atoms with Gasteiger partial charge in [-0.05, 0) is 37.6 Å². The zero-order chi connectivity index (χ0) is 18.7. The number of rotatable bonds is 4. The van der Waals surface area contributed by atoms with E-state index >= 15 is 0 Å². The molecule has 7 heteroatoms. The summed E-state index contributed by atoms with van der Waals surface area (Å²) >= 11 is 0. The quantitative estimate of drug-likeness (QED) is 0.330. The lowest BCUT2D eigenvalue weighted by molar-refractivity contribution is 0.385. The number of aliphatic imine (C=N–C) groups is 1. The summed E-state index contributed by atoms with van der Waals surface area (Å²) < 4.78 is 11.0. The van der Waals surface area contributed by atoms with Crippen molar-refractivity contribution >= 4 is 40.7 Å². The summed E-state index contributed by atoms with van der Waals surface area (Å²) in [6.07, 6.45) is 0. The first kappa shape index (κ1) is 21.0. The highest BCUT2D eigenvalue weighted by Gasteiger charge is 2.15. The largest absolute Gasteiger partial charge is 0.496 e. The molecule has 3 aromatic rings. The first-order chi connectivity index (χ1) is 12.4. The summed E-state index contributed by atoms with van der Waals surface area (Å²) in [4.78, 5) is 4.31. The van der Waals surface area contributed by atoms with Crippen LogP contribution in [-0.4, -0.2) is 23.8 Å². The van der Waals surface area contributed by atoms with Crippen molar-refractivity contribution in [3.05, 3.63) is 48.2 Å². The molecule has 27 heavy (non-hydrogen) atoms. The Kier molecular flexibility index (Phi) is 6.69. The molecule has 1 heterocycles. The van der Waals surface area contributed by atoms with Gasteiger partial charge in [-0.2, -0.15) is 0 Å². The van der Waals surface area contributed by atoms with Crippen LogP contribution in [0.15, 0.2) is 52.0 Å². The molecule has 0 aliphatic rings. The van der Waals surface area contributed by atoms with Gasteiger partial charge >= 0.3 is 0 Å². The van der Waals surface area contributed by atoms with E-state index in [1.165, 1.54) is 0 Å². The second-order valence-corrected chi connectivity index (χ2v) is 7.12. The fourth-order valence-corrected chi connectivity index (χ4v) is 2.78. The summed E-state index contributed by atoms with van der Waals surface area (Å²) in [5.74, 6) is 1.76. The normalized spacial score (nSPS) is 11.9. The van der Waals surface area contributed by atoms with Gasteiger partial charge in [0, 0.05) is 11.6 Å². The van der Waals surface area contributed by atoms with Crippen molar-refractivity contribution < 1.29 is 9.26 Å². The minimum Gasteiger partial charge on any atom is -0.496 e. The van der Waals surface area contributed by atoms with Gasteiger partial charge in [0.2, 0.25) is 0 Å². The lowest BCUT2D eigenvalue weighted by Gasteiger charge is -2.20. The Labute approximate surface area is 176 Å². The molecule has 0 bridgehead atoms. The first-order valence-corrected chi connectivity index (χ1v) is 8.47. The lowest BCUT2D eigenvalue weighted by atomic mass is 10.0. The summed E-state index contributed by atoms with van der Waals surface area (Å²) in [5.41, 5.74) is 7.38. The van der Waals surface area contributed by atoms with Gasteiger partial charge in [-0.3, -0.25) is 0 Å². The molecule has 0 saturated carbocycles. The molecule has 0 amide bonds. The molecule has 1 aromatic heterocycles. The molecule has 0 unspecified atom stereocenters. The van der Waals surface area contributed by atoms with Gasteiger partial charge in [0.25, 0.3) is 0 Å². The topological polar surface area (TPSA) is 85.7 Å². The molecular formula is C20H25IN4O2. The third-order valence-corrected chi connectivity index (χ3v) is 3.83. The van der Waals surface area contributed by atoms with E-state index in [1.807, 2.05) is 57.2 Å². The molecule has 3 rings (SSSR count). The van der Waals surface area contributed by atoms with Crippen LogP contribution in [-0.2, 0) is 6.54 Å². The van der Waals surface area contributed by atoms with Crippen molar-refractivity contribution in [1.82, 2.24) is 10.5 Å². The van der Waals surface area contributed by atoms with Crippen LogP contribution in [0.5, 0.6) is 5.75 Å². The van der Waals surface area contributed by atoms with E-state index in [2.05, 4.69) is 21.5 Å². The number of halogens is 1. The van der Waals surface area contributed by atoms with E-state index in [0.29, 0.717) is 24.0 Å². The van der Waals surface area contributed by atoms with Gasteiger partial charge in [-0.15, -0.1) is 24.0 Å². The molecule has 0 aliphatic carbocycles. The molecule has 0 radical (unpaired) electrons. The summed E-state index contributed by atoms with van der Waals surface area (Å²) in [5, 5.41) is 9.50. The maximum Gasteiger partial charge on any atom is 0.189 e. The molecule has 0 atom stereocenters. The molecule has 0 aliphatic heterocycles. The highest BCUT2D eigenvalue weighted by atomic mass is 127. The number of nitrogens with zero attached hydrogens (tertiary/aromatic N) is 2. The number of benzene rings is 2. The van der Waals surface area contributed by atoms with E-state index in [9.17, 15) is 0 Å². The molecule has 0 fully saturated rings. The molecule has 2 aromatic carbocycles. The van der Waals surface area contributed by atoms with Crippen molar-refractivity contribution in [3.63, 3.8) is 0 Å². The van der Waals surface area contributed by atoms with Crippen molar-refractivity contribution in [1.29, 1.82) is 0 Å². The van der Waals surface area contributed by atoms with Crippen LogP contribution in [0.2, 0.25) is 0 Å². The third-order valence-electron chi connectivity index (χ3n) is 3.83. The predicted molar refractivity (Wildman–Crippen MR) is 120 cm³/mol. The van der Waals surface area contributed by atoms with Gasteiger partial charge in [0.05, 0.1) is 12.7 Å². The van der Waals surface area contributed by atoms with Crippen LogP contribution in [0.4, 0.5) is 0 Å². The number of hydrogen-bond donors (Lipinski definition) is 2. The SMILES string of the molecule is COc1ccc2ccccc2c1-c1cc(CN=C(N)NC(C)(C)C)on1.I. The Morgan fingerprint density at radius 1 is 1.22 bits per heavy atom. The number of ether oxygens (including phenoxy) is 1. The average Bonchev–Trinajstić information content (AvgIpc) is 3.06. The van der Waals surface area contributed by atoms with E-state index in [-0.39, 0.29) is 29.5 Å². The first-order valence-electron chi connectivity index (χ1n) is 8.47. The highest BCUT2D eigenvalue weighted by Crippen LogP contribution is 2.36. The van der Waals surface area contributed by atoms with Crippen molar-refractivity contribution in [3.8, 4) is 17.0 Å². The van der Waals surface area contributed by atoms with Crippen LogP contribution < -0.4 is 15.8 Å². The van der Waals surface area contributed by atoms with E-state index in [1.54, 1.807) is 7.11 Å². The number of methoxy groups -OCH3 is 1. The fraction of sp³-hybridized carbons (Fsp3) is 0.300. The number of nitrogens with two attached hydrogens (primary N) is 1. The Morgan fingerprint density at radius 3 is 2.67 bits per heavy atom. The summed E-state index contributed by atoms with van der Waals surface area (Å²) in [7, 11) is 1.65. The van der Waals surface area contributed by atoms with Crippen LogP contribution in [0.3, 0.4) is 0 Å². The van der Waals surface area contributed by atoms with Gasteiger partial charge in [-0.25, -0.2) is 4.99 Å². The van der Waals surface area contributed by atoms with E-state index < -0.39 is 0 Å². The zero-order valence-corrected chi connectivity index (χ0v) is 18.3. The fourth-order valence-electron chi connectivity index (χ4n) is 2.78. The Morgan fingerprint density at radius 2 is 1.96 bits per heavy atom. The summed E-state index contributed by atoms with van der Waals surface area (Å²) in [6.45, 7) is 6.38. The number of guanidine groups is 1. The molecule has 0 spiro atoms. The van der Waals surface area contributed by atoms with Gasteiger partial charge in [0.1, 0.15) is 18.0 Å². The van der Waals surface area contributed by atoms with Crippen LogP contribution in [0.1, 0.15) is 26.5 Å². The molecule has 0 saturated heterocycles. The summed E-state index contributed by atoms with van der Waals surface area (Å²) in [6, 6.07) is 13.9. The average molecular weight is 480 g/mol. The van der Waals surface area contributed by atoms with Crippen molar-refractivity contribution in [2.24, 2.45) is 10.7 Å². The monoisotopic (exact) mass is 480 g/mol.